The molecular formula is C17H21NO. The van der Waals surface area contributed by atoms with E-state index in [-0.39, 0.29) is 5.92 Å². The predicted molar refractivity (Wildman–Crippen MR) is 78.1 cm³/mol. The monoisotopic (exact) mass is 255 g/mol. The maximum absolute atomic E-state index is 10.4. The number of pyridine rings is 1. The fourth-order valence-corrected chi connectivity index (χ4v) is 2.17. The van der Waals surface area contributed by atoms with Gasteiger partial charge < -0.3 is 5.11 Å². The molecule has 2 atom stereocenters. The molecule has 1 aromatic carbocycles. The summed E-state index contributed by atoms with van der Waals surface area (Å²) in [5, 5.41) is 10.4. The molecule has 0 amide bonds. The molecule has 0 aliphatic carbocycles. The van der Waals surface area contributed by atoms with E-state index < -0.39 is 6.10 Å². The topological polar surface area (TPSA) is 33.1 Å². The summed E-state index contributed by atoms with van der Waals surface area (Å²) in [5.74, 6) is 0.505. The molecule has 1 aromatic heterocycles. The van der Waals surface area contributed by atoms with Gasteiger partial charge in [-0.2, -0.15) is 0 Å². The van der Waals surface area contributed by atoms with Crippen LogP contribution in [0.2, 0.25) is 0 Å². The number of aliphatic hydroxyl groups excluding tert-OH is 1. The van der Waals surface area contributed by atoms with Gasteiger partial charge in [-0.3, -0.25) is 4.98 Å². The zero-order valence-electron chi connectivity index (χ0n) is 11.7. The predicted octanol–water partition coefficient (Wildman–Crippen LogP) is 4.04. The van der Waals surface area contributed by atoms with E-state index in [9.17, 15) is 5.11 Å². The first-order valence-electron chi connectivity index (χ1n) is 6.78. The van der Waals surface area contributed by atoms with E-state index in [1.165, 1.54) is 5.56 Å². The number of hydrogen-bond acceptors (Lipinski definition) is 2. The van der Waals surface area contributed by atoms with E-state index >= 15 is 0 Å². The molecular weight excluding hydrogens is 234 g/mol. The van der Waals surface area contributed by atoms with Gasteiger partial charge in [-0.05, 0) is 29.2 Å². The van der Waals surface area contributed by atoms with Crippen LogP contribution in [0.1, 0.15) is 55.5 Å². The lowest BCUT2D eigenvalue weighted by atomic mass is 9.92. The van der Waals surface area contributed by atoms with Crippen molar-refractivity contribution in [3.63, 3.8) is 0 Å². The summed E-state index contributed by atoms with van der Waals surface area (Å²) in [6, 6.07) is 14.0. The van der Waals surface area contributed by atoms with Gasteiger partial charge in [-0.25, -0.2) is 0 Å². The van der Waals surface area contributed by atoms with E-state index in [0.717, 1.165) is 11.3 Å². The highest BCUT2D eigenvalue weighted by Gasteiger charge is 2.19. The summed E-state index contributed by atoms with van der Waals surface area (Å²) >= 11 is 0. The molecule has 2 unspecified atom stereocenters. The van der Waals surface area contributed by atoms with Gasteiger partial charge in [0.15, 0.2) is 0 Å². The number of nitrogens with zero attached hydrogens (tertiary/aromatic N) is 1. The number of rotatable bonds is 4. The lowest BCUT2D eigenvalue weighted by Crippen LogP contribution is -2.09. The molecule has 2 nitrogen and oxygen atoms in total. The van der Waals surface area contributed by atoms with Crippen LogP contribution in [0.4, 0.5) is 0 Å². The third-order valence-electron chi connectivity index (χ3n) is 3.57. The number of hydrogen-bond donors (Lipinski definition) is 1. The number of aromatic nitrogens is 1. The lowest BCUT2D eigenvalue weighted by molar-refractivity contribution is 0.150. The van der Waals surface area contributed by atoms with E-state index in [0.29, 0.717) is 5.92 Å². The van der Waals surface area contributed by atoms with Gasteiger partial charge in [-0.1, -0.05) is 51.1 Å². The van der Waals surface area contributed by atoms with Gasteiger partial charge >= 0.3 is 0 Å². The third kappa shape index (κ3) is 3.21. The first-order chi connectivity index (χ1) is 9.09. The average molecular weight is 255 g/mol. The summed E-state index contributed by atoms with van der Waals surface area (Å²) in [6.45, 7) is 6.34. The quantitative estimate of drug-likeness (QED) is 0.894. The van der Waals surface area contributed by atoms with Gasteiger partial charge in [-0.15, -0.1) is 0 Å². The van der Waals surface area contributed by atoms with Crippen molar-refractivity contribution in [2.75, 3.05) is 0 Å². The fraction of sp³-hybridized carbons (Fsp3) is 0.353. The van der Waals surface area contributed by atoms with Gasteiger partial charge in [0.05, 0.1) is 6.10 Å². The van der Waals surface area contributed by atoms with Crippen LogP contribution in [-0.4, -0.2) is 10.1 Å². The highest BCUT2D eigenvalue weighted by molar-refractivity contribution is 5.28. The second kappa shape index (κ2) is 5.98. The van der Waals surface area contributed by atoms with Crippen LogP contribution in [0.15, 0.2) is 48.7 Å². The minimum absolute atomic E-state index is 0.00824. The molecule has 0 bridgehead atoms. The van der Waals surface area contributed by atoms with Crippen LogP contribution in [0, 0.1) is 0 Å². The normalized spacial score (nSPS) is 14.4. The van der Waals surface area contributed by atoms with Crippen molar-refractivity contribution < 1.29 is 5.11 Å². The Morgan fingerprint density at radius 1 is 0.895 bits per heavy atom. The van der Waals surface area contributed by atoms with E-state index in [2.05, 4.69) is 31.0 Å². The third-order valence-corrected chi connectivity index (χ3v) is 3.57. The standard InChI is InChI=1S/C17H21NO/c1-12(2)14-7-9-15(10-8-14)17(19)13(3)16-6-4-5-11-18-16/h4-13,17,19H,1-3H3. The molecule has 2 rings (SSSR count). The molecule has 0 saturated heterocycles. The van der Waals surface area contributed by atoms with Crippen molar-refractivity contribution in [3.05, 3.63) is 65.5 Å². The Morgan fingerprint density at radius 3 is 2.05 bits per heavy atom. The van der Waals surface area contributed by atoms with Crippen molar-refractivity contribution in [1.29, 1.82) is 0 Å². The molecule has 1 heterocycles. The van der Waals surface area contributed by atoms with Crippen LogP contribution in [0.25, 0.3) is 0 Å². The maximum Gasteiger partial charge on any atom is 0.0870 e. The first-order valence-corrected chi connectivity index (χ1v) is 6.78. The Bertz CT molecular complexity index is 505. The van der Waals surface area contributed by atoms with Crippen LogP contribution in [0.3, 0.4) is 0 Å². The molecule has 0 radical (unpaired) electrons. The summed E-state index contributed by atoms with van der Waals surface area (Å²) < 4.78 is 0. The fourth-order valence-electron chi connectivity index (χ4n) is 2.17. The smallest absolute Gasteiger partial charge is 0.0870 e. The Balaban J connectivity index is 2.17. The van der Waals surface area contributed by atoms with Crippen LogP contribution >= 0.6 is 0 Å². The molecule has 2 aromatic rings. The van der Waals surface area contributed by atoms with E-state index in [4.69, 9.17) is 0 Å². The second-order valence-electron chi connectivity index (χ2n) is 5.31. The molecule has 2 heteroatoms. The van der Waals surface area contributed by atoms with Gasteiger partial charge in [0, 0.05) is 17.8 Å². The van der Waals surface area contributed by atoms with Crippen molar-refractivity contribution in [3.8, 4) is 0 Å². The molecule has 1 N–H and O–H groups in total. The zero-order valence-corrected chi connectivity index (χ0v) is 11.7. The highest BCUT2D eigenvalue weighted by atomic mass is 16.3. The van der Waals surface area contributed by atoms with Gasteiger partial charge in [0.25, 0.3) is 0 Å². The van der Waals surface area contributed by atoms with E-state index in [1.54, 1.807) is 6.20 Å². The van der Waals surface area contributed by atoms with Crippen molar-refractivity contribution in [2.24, 2.45) is 0 Å². The largest absolute Gasteiger partial charge is 0.388 e. The van der Waals surface area contributed by atoms with Crippen LogP contribution < -0.4 is 0 Å². The highest BCUT2D eigenvalue weighted by Crippen LogP contribution is 2.29. The van der Waals surface area contributed by atoms with Crippen molar-refractivity contribution >= 4 is 0 Å². The molecule has 19 heavy (non-hydrogen) atoms. The van der Waals surface area contributed by atoms with Crippen molar-refractivity contribution in [2.45, 2.75) is 38.7 Å². The Labute approximate surface area is 115 Å². The summed E-state index contributed by atoms with van der Waals surface area (Å²) in [7, 11) is 0. The minimum atomic E-state index is -0.517. The van der Waals surface area contributed by atoms with E-state index in [1.807, 2.05) is 37.3 Å². The molecule has 0 spiro atoms. The molecule has 0 saturated carbocycles. The zero-order chi connectivity index (χ0) is 13.8. The van der Waals surface area contributed by atoms with Crippen molar-refractivity contribution in [1.82, 2.24) is 4.98 Å². The molecule has 0 aliphatic heterocycles. The maximum atomic E-state index is 10.4. The Morgan fingerprint density at radius 2 is 1.53 bits per heavy atom. The molecule has 100 valence electrons. The molecule has 0 fully saturated rings. The van der Waals surface area contributed by atoms with Crippen LogP contribution in [0.5, 0.6) is 0 Å². The Kier molecular flexibility index (Phi) is 4.33. The molecule has 0 aliphatic rings. The minimum Gasteiger partial charge on any atom is -0.388 e. The van der Waals surface area contributed by atoms with Gasteiger partial charge in [0.2, 0.25) is 0 Å². The summed E-state index contributed by atoms with van der Waals surface area (Å²) in [5.41, 5.74) is 3.16. The SMILES string of the molecule is CC(C)c1ccc(C(O)C(C)c2ccccn2)cc1. The van der Waals surface area contributed by atoms with Crippen LogP contribution in [-0.2, 0) is 0 Å². The summed E-state index contributed by atoms with van der Waals surface area (Å²) in [6.07, 6.45) is 1.25. The number of aliphatic hydroxyl groups is 1. The first kappa shape index (κ1) is 13.8. The number of benzene rings is 1. The summed E-state index contributed by atoms with van der Waals surface area (Å²) in [4.78, 5) is 4.31. The Hall–Kier alpha value is -1.67. The second-order valence-corrected chi connectivity index (χ2v) is 5.31. The lowest BCUT2D eigenvalue weighted by Gasteiger charge is -2.19. The average Bonchev–Trinajstić information content (AvgIpc) is 2.46. The van der Waals surface area contributed by atoms with Gasteiger partial charge in [0.1, 0.15) is 0 Å².